The first-order chi connectivity index (χ1) is 7.25. The molecule has 0 aliphatic rings. The van der Waals surface area contributed by atoms with Crippen LogP contribution >= 0.6 is 0 Å². The lowest BCUT2D eigenvalue weighted by Crippen LogP contribution is -1.87. The summed E-state index contributed by atoms with van der Waals surface area (Å²) in [6.07, 6.45) is 3.41. The zero-order valence-electron chi connectivity index (χ0n) is 8.34. The SMILES string of the molecule is Cc1cnccc1Oc1cccc(O)c1. The van der Waals surface area contributed by atoms with Crippen LogP contribution in [0.3, 0.4) is 0 Å². The van der Waals surface area contributed by atoms with Gasteiger partial charge >= 0.3 is 0 Å². The Morgan fingerprint density at radius 2 is 2.13 bits per heavy atom. The highest BCUT2D eigenvalue weighted by molar-refractivity contribution is 5.38. The maximum Gasteiger partial charge on any atom is 0.133 e. The van der Waals surface area contributed by atoms with Crippen LogP contribution in [0.15, 0.2) is 42.7 Å². The number of benzene rings is 1. The zero-order valence-corrected chi connectivity index (χ0v) is 8.34. The Morgan fingerprint density at radius 1 is 1.27 bits per heavy atom. The molecular formula is C12H11NO2. The highest BCUT2D eigenvalue weighted by Gasteiger charge is 2.00. The number of rotatable bonds is 2. The first-order valence-corrected chi connectivity index (χ1v) is 4.63. The minimum Gasteiger partial charge on any atom is -0.508 e. The Hall–Kier alpha value is -2.03. The standard InChI is InChI=1S/C12H11NO2/c1-9-8-13-6-5-12(9)15-11-4-2-3-10(14)7-11/h2-8,14H,1H3. The van der Waals surface area contributed by atoms with Crippen molar-refractivity contribution in [1.29, 1.82) is 0 Å². The van der Waals surface area contributed by atoms with Crippen LogP contribution in [-0.2, 0) is 0 Å². The van der Waals surface area contributed by atoms with Crippen molar-refractivity contribution < 1.29 is 9.84 Å². The molecule has 0 amide bonds. The van der Waals surface area contributed by atoms with E-state index < -0.39 is 0 Å². The molecule has 1 aromatic carbocycles. The average Bonchev–Trinajstić information content (AvgIpc) is 2.22. The minimum absolute atomic E-state index is 0.194. The number of aryl methyl sites for hydroxylation is 1. The van der Waals surface area contributed by atoms with Crippen molar-refractivity contribution in [3.8, 4) is 17.2 Å². The third-order valence-corrected chi connectivity index (χ3v) is 2.01. The van der Waals surface area contributed by atoms with Crippen LogP contribution in [-0.4, -0.2) is 10.1 Å². The summed E-state index contributed by atoms with van der Waals surface area (Å²) in [4.78, 5) is 3.97. The Kier molecular flexibility index (Phi) is 2.54. The number of ether oxygens (including phenoxy) is 1. The fourth-order valence-electron chi connectivity index (χ4n) is 1.25. The van der Waals surface area contributed by atoms with Crippen LogP contribution in [0.5, 0.6) is 17.2 Å². The number of pyridine rings is 1. The molecule has 0 radical (unpaired) electrons. The number of phenolic OH excluding ortho intramolecular Hbond substituents is 1. The summed E-state index contributed by atoms with van der Waals surface area (Å²) in [6.45, 7) is 1.92. The van der Waals surface area contributed by atoms with E-state index in [1.54, 1.807) is 42.7 Å². The molecule has 0 unspecified atom stereocenters. The van der Waals surface area contributed by atoms with Gasteiger partial charge in [0.15, 0.2) is 0 Å². The Morgan fingerprint density at radius 3 is 2.87 bits per heavy atom. The lowest BCUT2D eigenvalue weighted by molar-refractivity contribution is 0.453. The van der Waals surface area contributed by atoms with E-state index in [4.69, 9.17) is 4.74 Å². The predicted octanol–water partition coefficient (Wildman–Crippen LogP) is 2.89. The maximum absolute atomic E-state index is 9.27. The number of nitrogens with zero attached hydrogens (tertiary/aromatic N) is 1. The lowest BCUT2D eigenvalue weighted by Gasteiger charge is -2.07. The van der Waals surface area contributed by atoms with Crippen molar-refractivity contribution in [2.75, 3.05) is 0 Å². The van der Waals surface area contributed by atoms with E-state index >= 15 is 0 Å². The van der Waals surface area contributed by atoms with Crippen molar-refractivity contribution in [3.63, 3.8) is 0 Å². The van der Waals surface area contributed by atoms with Gasteiger partial charge in [-0.2, -0.15) is 0 Å². The molecule has 1 heterocycles. The van der Waals surface area contributed by atoms with Gasteiger partial charge in [0.25, 0.3) is 0 Å². The van der Waals surface area contributed by atoms with E-state index in [2.05, 4.69) is 4.98 Å². The van der Waals surface area contributed by atoms with Crippen molar-refractivity contribution in [2.24, 2.45) is 0 Å². The lowest BCUT2D eigenvalue weighted by atomic mass is 10.3. The molecule has 15 heavy (non-hydrogen) atoms. The van der Waals surface area contributed by atoms with Gasteiger partial charge in [0.05, 0.1) is 0 Å². The first-order valence-electron chi connectivity index (χ1n) is 4.63. The van der Waals surface area contributed by atoms with Gasteiger partial charge in [0, 0.05) is 24.0 Å². The smallest absolute Gasteiger partial charge is 0.133 e. The highest BCUT2D eigenvalue weighted by atomic mass is 16.5. The van der Waals surface area contributed by atoms with Gasteiger partial charge in [-0.15, -0.1) is 0 Å². The summed E-state index contributed by atoms with van der Waals surface area (Å²) in [5.74, 6) is 1.55. The predicted molar refractivity (Wildman–Crippen MR) is 57.2 cm³/mol. The van der Waals surface area contributed by atoms with Crippen LogP contribution < -0.4 is 4.74 Å². The molecule has 2 rings (SSSR count). The van der Waals surface area contributed by atoms with E-state index in [1.807, 2.05) is 6.92 Å². The molecule has 0 saturated carbocycles. The summed E-state index contributed by atoms with van der Waals surface area (Å²) < 4.78 is 5.59. The van der Waals surface area contributed by atoms with Gasteiger partial charge in [-0.25, -0.2) is 0 Å². The molecule has 0 saturated heterocycles. The molecule has 2 aromatic rings. The van der Waals surface area contributed by atoms with Gasteiger partial charge in [-0.3, -0.25) is 4.98 Å². The molecule has 0 bridgehead atoms. The number of phenols is 1. The quantitative estimate of drug-likeness (QED) is 0.812. The third kappa shape index (κ3) is 2.26. The fourth-order valence-corrected chi connectivity index (χ4v) is 1.25. The summed E-state index contributed by atoms with van der Waals surface area (Å²) in [5, 5.41) is 9.27. The molecule has 3 heteroatoms. The van der Waals surface area contributed by atoms with Gasteiger partial charge < -0.3 is 9.84 Å². The van der Waals surface area contributed by atoms with Crippen LogP contribution in [0.1, 0.15) is 5.56 Å². The van der Waals surface area contributed by atoms with Crippen LogP contribution in [0.4, 0.5) is 0 Å². The van der Waals surface area contributed by atoms with E-state index in [1.165, 1.54) is 0 Å². The number of aromatic hydroxyl groups is 1. The van der Waals surface area contributed by atoms with Crippen LogP contribution in [0.25, 0.3) is 0 Å². The average molecular weight is 201 g/mol. The fraction of sp³-hybridized carbons (Fsp3) is 0.0833. The van der Waals surface area contributed by atoms with Crippen molar-refractivity contribution in [2.45, 2.75) is 6.92 Å². The van der Waals surface area contributed by atoms with Crippen molar-refractivity contribution in [1.82, 2.24) is 4.98 Å². The molecule has 0 aliphatic heterocycles. The van der Waals surface area contributed by atoms with E-state index in [0.717, 1.165) is 11.3 Å². The van der Waals surface area contributed by atoms with Crippen LogP contribution in [0, 0.1) is 6.92 Å². The second-order valence-corrected chi connectivity index (χ2v) is 3.24. The van der Waals surface area contributed by atoms with Gasteiger partial charge in [-0.1, -0.05) is 6.07 Å². The van der Waals surface area contributed by atoms with Crippen molar-refractivity contribution >= 4 is 0 Å². The Balaban J connectivity index is 2.26. The van der Waals surface area contributed by atoms with Gasteiger partial charge in [0.2, 0.25) is 0 Å². The molecule has 1 N–H and O–H groups in total. The Labute approximate surface area is 88.0 Å². The second kappa shape index (κ2) is 4.00. The summed E-state index contributed by atoms with van der Waals surface area (Å²) in [6, 6.07) is 8.49. The van der Waals surface area contributed by atoms with E-state index in [-0.39, 0.29) is 5.75 Å². The molecule has 0 spiro atoms. The minimum atomic E-state index is 0.194. The summed E-state index contributed by atoms with van der Waals surface area (Å²) in [5.41, 5.74) is 0.959. The second-order valence-electron chi connectivity index (χ2n) is 3.24. The highest BCUT2D eigenvalue weighted by Crippen LogP contribution is 2.26. The molecule has 76 valence electrons. The largest absolute Gasteiger partial charge is 0.508 e. The molecular weight excluding hydrogens is 190 g/mol. The number of hydrogen-bond donors (Lipinski definition) is 1. The molecule has 0 atom stereocenters. The topological polar surface area (TPSA) is 42.4 Å². The van der Waals surface area contributed by atoms with E-state index in [9.17, 15) is 5.11 Å². The zero-order chi connectivity index (χ0) is 10.7. The molecule has 0 fully saturated rings. The monoisotopic (exact) mass is 201 g/mol. The molecule has 1 aromatic heterocycles. The first kappa shape index (κ1) is 9.52. The van der Waals surface area contributed by atoms with Gasteiger partial charge in [0.1, 0.15) is 17.2 Å². The normalized spacial score (nSPS) is 9.93. The van der Waals surface area contributed by atoms with E-state index in [0.29, 0.717) is 5.75 Å². The van der Waals surface area contributed by atoms with Gasteiger partial charge in [-0.05, 0) is 25.1 Å². The van der Waals surface area contributed by atoms with Crippen LogP contribution in [0.2, 0.25) is 0 Å². The maximum atomic E-state index is 9.27. The summed E-state index contributed by atoms with van der Waals surface area (Å²) >= 11 is 0. The summed E-state index contributed by atoms with van der Waals surface area (Å²) in [7, 11) is 0. The number of hydrogen-bond acceptors (Lipinski definition) is 3. The van der Waals surface area contributed by atoms with Crippen molar-refractivity contribution in [3.05, 3.63) is 48.3 Å². The molecule has 3 nitrogen and oxygen atoms in total. The Bertz CT molecular complexity index is 469. The third-order valence-electron chi connectivity index (χ3n) is 2.01. The molecule has 0 aliphatic carbocycles. The number of aromatic nitrogens is 1.